The summed E-state index contributed by atoms with van der Waals surface area (Å²) in [5.41, 5.74) is 0.976. The van der Waals surface area contributed by atoms with Crippen molar-refractivity contribution in [2.45, 2.75) is 126 Å². The van der Waals surface area contributed by atoms with E-state index in [0.29, 0.717) is 19.6 Å². The number of nitrogens with zero attached hydrogens (tertiary/aromatic N) is 6. The van der Waals surface area contributed by atoms with Crippen LogP contribution in [-0.2, 0) is 57.0 Å². The number of rotatable bonds is 26. The Morgan fingerprint density at radius 2 is 0.702 bits per heavy atom. The lowest BCUT2D eigenvalue weighted by Crippen LogP contribution is -2.38. The van der Waals surface area contributed by atoms with E-state index in [0.717, 1.165) is 16.7 Å². The SMILES string of the molecule is CCNC(=O)Nc1ccn([C@@H]2O[C@H](CCC(=O)O)C3O[C@H](/C=C/c4ccccc4)O[C@@H]32)c(=O)n1.CCNC(=O)Nc1ccn([C@@H]2O[C@H](CNCC(=O)O)C3O[C@H](/C=C/c4ccccc4)O[C@@H]32)c(=O)n1.CCNC(=O)Nc1ccn([C@@H]2O[C@H](CNCC(=O)O)C3O[C@H](/C=C/c4ccccc4)O[C@@H]32)c(=O)n1. The Morgan fingerprint density at radius 1 is 0.404 bits per heavy atom. The molecule has 3 aromatic carbocycles. The summed E-state index contributed by atoms with van der Waals surface area (Å²) in [5, 5.41) is 47.7. The Bertz CT molecular complexity index is 4010. The molecule has 35 heteroatoms. The van der Waals surface area contributed by atoms with E-state index in [1.54, 1.807) is 39.0 Å². The predicted molar refractivity (Wildman–Crippen MR) is 370 cm³/mol. The number of benzene rings is 3. The Morgan fingerprint density at radius 3 is 0.990 bits per heavy atom. The highest BCUT2D eigenvalue weighted by atomic mass is 16.8. The first kappa shape index (κ1) is 76.0. The fraction of sp³-hybridized carbons (Fsp3) is 0.391. The molecule has 35 nitrogen and oxygen atoms in total. The maximum absolute atomic E-state index is 12.8. The van der Waals surface area contributed by atoms with Crippen LogP contribution in [0.3, 0.4) is 0 Å². The molecule has 9 heterocycles. The zero-order valence-electron chi connectivity index (χ0n) is 56.5. The van der Waals surface area contributed by atoms with Crippen molar-refractivity contribution in [2.75, 3.05) is 61.8 Å². The lowest BCUT2D eigenvalue weighted by molar-refractivity contribution is -0.142. The molecule has 6 aliphatic heterocycles. The molecule has 3 unspecified atom stereocenters. The highest BCUT2D eigenvalue weighted by Gasteiger charge is 2.56. The first-order valence-electron chi connectivity index (χ1n) is 33.4. The van der Waals surface area contributed by atoms with Crippen LogP contribution >= 0.6 is 0 Å². The second-order valence-corrected chi connectivity index (χ2v) is 23.7. The van der Waals surface area contributed by atoms with Gasteiger partial charge in [-0.25, -0.2) is 28.8 Å². The monoisotopic (exact) mass is 1440 g/mol. The van der Waals surface area contributed by atoms with Crippen molar-refractivity contribution in [3.05, 3.63) is 194 Å². The molecule has 0 saturated carbocycles. The number of amides is 6. The molecule has 0 radical (unpaired) electrons. The number of carboxylic acids is 3. The first-order chi connectivity index (χ1) is 50.3. The molecule has 6 aliphatic rings. The van der Waals surface area contributed by atoms with Gasteiger partial charge in [0.15, 0.2) is 37.6 Å². The van der Waals surface area contributed by atoms with Gasteiger partial charge in [0, 0.05) is 57.7 Å². The van der Waals surface area contributed by atoms with E-state index in [1.165, 1.54) is 50.5 Å². The van der Waals surface area contributed by atoms with Crippen molar-refractivity contribution >= 4 is 71.7 Å². The minimum absolute atomic E-state index is 0.0939. The third-order valence-corrected chi connectivity index (χ3v) is 16.3. The summed E-state index contributed by atoms with van der Waals surface area (Å²) < 4.78 is 58.2. The van der Waals surface area contributed by atoms with Gasteiger partial charge in [0.05, 0.1) is 19.2 Å². The molecule has 6 saturated heterocycles. The van der Waals surface area contributed by atoms with Crippen LogP contribution in [-0.4, -0.2) is 200 Å². The van der Waals surface area contributed by atoms with Gasteiger partial charge in [-0.15, -0.1) is 0 Å². The van der Waals surface area contributed by atoms with Crippen molar-refractivity contribution in [1.82, 2.24) is 55.2 Å². The normalized spacial score (nSPS) is 25.6. The maximum Gasteiger partial charge on any atom is 0.351 e. The molecule has 104 heavy (non-hydrogen) atoms. The van der Waals surface area contributed by atoms with Crippen LogP contribution in [0, 0.1) is 0 Å². The van der Waals surface area contributed by atoms with E-state index in [2.05, 4.69) is 57.5 Å². The summed E-state index contributed by atoms with van der Waals surface area (Å²) in [6, 6.07) is 31.9. The minimum Gasteiger partial charge on any atom is -0.481 e. The number of aliphatic carboxylic acids is 3. The topological polar surface area (TPSA) is 447 Å². The zero-order chi connectivity index (χ0) is 73.7. The smallest absolute Gasteiger partial charge is 0.351 e. The fourth-order valence-corrected chi connectivity index (χ4v) is 11.7. The van der Waals surface area contributed by atoms with Gasteiger partial charge in [0.25, 0.3) is 0 Å². The number of carboxylic acid groups (broad SMARTS) is 3. The largest absolute Gasteiger partial charge is 0.481 e. The van der Waals surface area contributed by atoms with Crippen molar-refractivity contribution in [2.24, 2.45) is 0 Å². The van der Waals surface area contributed by atoms with Crippen LogP contribution in [0.4, 0.5) is 31.8 Å². The zero-order valence-corrected chi connectivity index (χ0v) is 56.5. The Kier molecular flexibility index (Phi) is 27.0. The number of anilines is 3. The molecule has 0 spiro atoms. The number of hydrogen-bond donors (Lipinski definition) is 11. The fourth-order valence-electron chi connectivity index (χ4n) is 11.7. The number of carbonyl (C=O) groups excluding carboxylic acids is 3. The van der Waals surface area contributed by atoms with Crippen LogP contribution in [0.2, 0.25) is 0 Å². The minimum atomic E-state index is -1.00. The molecule has 6 amide bonds. The Balaban J connectivity index is 0.000000167. The summed E-state index contributed by atoms with van der Waals surface area (Å²) in [6.07, 6.45) is 5.44. The second-order valence-electron chi connectivity index (χ2n) is 23.7. The molecular formula is C69H80N14O21. The highest BCUT2D eigenvalue weighted by Crippen LogP contribution is 2.43. The first-order valence-corrected chi connectivity index (χ1v) is 33.4. The summed E-state index contributed by atoms with van der Waals surface area (Å²) in [5.74, 6) is -2.67. The van der Waals surface area contributed by atoms with Crippen molar-refractivity contribution in [3.8, 4) is 0 Å². The van der Waals surface area contributed by atoms with E-state index in [4.69, 9.17) is 58.0 Å². The summed E-state index contributed by atoms with van der Waals surface area (Å²) >= 11 is 0. The van der Waals surface area contributed by atoms with E-state index >= 15 is 0 Å². The number of aromatic nitrogens is 6. The van der Waals surface area contributed by atoms with E-state index in [1.807, 2.05) is 109 Å². The maximum atomic E-state index is 12.8. The van der Waals surface area contributed by atoms with Crippen molar-refractivity contribution < 1.29 is 86.7 Å². The number of urea groups is 3. The van der Waals surface area contributed by atoms with Gasteiger partial charge in [-0.2, -0.15) is 15.0 Å². The van der Waals surface area contributed by atoms with Crippen molar-refractivity contribution in [3.63, 3.8) is 0 Å². The van der Waals surface area contributed by atoms with Crippen LogP contribution in [0.5, 0.6) is 0 Å². The molecule has 552 valence electrons. The van der Waals surface area contributed by atoms with E-state index in [9.17, 15) is 43.2 Å². The van der Waals surface area contributed by atoms with Crippen LogP contribution in [0.25, 0.3) is 18.2 Å². The van der Waals surface area contributed by atoms with Crippen LogP contribution in [0.15, 0.2) is 160 Å². The number of fused-ring (bicyclic) bond motifs is 3. The molecule has 0 bridgehead atoms. The molecule has 3 aromatic heterocycles. The van der Waals surface area contributed by atoms with Gasteiger partial charge >= 0.3 is 53.1 Å². The molecule has 6 aromatic rings. The summed E-state index contributed by atoms with van der Waals surface area (Å²) in [7, 11) is 0. The summed E-state index contributed by atoms with van der Waals surface area (Å²) in [6.45, 7) is 6.46. The van der Waals surface area contributed by atoms with Gasteiger partial charge in [0.2, 0.25) is 0 Å². The molecule has 12 rings (SSSR count). The number of carbonyl (C=O) groups is 6. The molecular weight excluding hydrogens is 1360 g/mol. The van der Waals surface area contributed by atoms with E-state index < -0.39 is 146 Å². The quantitative estimate of drug-likeness (QED) is 0.0370. The standard InChI is InChI=1S/2C23H27N5O7.C23H26N4O7/c2*1-2-25-22(31)26-16-10-11-28(23(32)27-16)21-20-19(15(33-21)12-24-13-17(29)30)34-18(35-20)9-8-14-6-4-3-5-7-14;1-2-24-22(30)25-16-12-13-27(23(31)26-16)21-20-19(15(32-21)9-10-17(28)29)33-18(34-20)11-8-14-6-4-3-5-7-14/h2*3-11,15,18-21,24H,2,12-13H2,1H3,(H,29,30)(H2,25,26,27,31,32);3-8,11-13,15,18-21H,2,9-10H2,1H3,(H,28,29)(H2,24,25,26,30,31)/b2*9-8+;11-8+/t3*15-,18+,19?,20+,21-/m111/s1. The van der Waals surface area contributed by atoms with Crippen LogP contribution in [0.1, 0.15) is 69.0 Å². The van der Waals surface area contributed by atoms with Gasteiger partial charge in [-0.1, -0.05) is 109 Å². The molecule has 15 atom stereocenters. The third kappa shape index (κ3) is 20.8. The van der Waals surface area contributed by atoms with Gasteiger partial charge in [-0.3, -0.25) is 44.0 Å². The lowest BCUT2D eigenvalue weighted by Gasteiger charge is -2.21. The summed E-state index contributed by atoms with van der Waals surface area (Å²) in [4.78, 5) is 118. The Labute approximate surface area is 593 Å². The predicted octanol–water partition coefficient (Wildman–Crippen LogP) is 3.53. The average Bonchev–Trinajstić information content (AvgIpc) is 1.63. The lowest BCUT2D eigenvalue weighted by atomic mass is 10.1. The average molecular weight is 1440 g/mol. The number of ether oxygens (including phenoxy) is 9. The number of hydrogen-bond acceptors (Lipinski definition) is 23. The van der Waals surface area contributed by atoms with Crippen molar-refractivity contribution in [1.29, 1.82) is 0 Å². The van der Waals surface area contributed by atoms with E-state index in [-0.39, 0.29) is 56.5 Å². The Hall–Kier alpha value is -10.7. The second kappa shape index (κ2) is 36.9. The van der Waals surface area contributed by atoms with Gasteiger partial charge in [0.1, 0.15) is 66.3 Å². The number of nitrogens with one attached hydrogen (secondary N) is 8. The third-order valence-electron chi connectivity index (χ3n) is 16.3. The molecule has 6 fully saturated rings. The van der Waals surface area contributed by atoms with Gasteiger partial charge < -0.3 is 84.5 Å². The molecule has 11 N–H and O–H groups in total. The molecule has 0 aliphatic carbocycles. The van der Waals surface area contributed by atoms with Crippen LogP contribution < -0.4 is 59.6 Å². The van der Waals surface area contributed by atoms with Gasteiger partial charge in [-0.05, 0) is 80.3 Å². The highest BCUT2D eigenvalue weighted by molar-refractivity contribution is 5.89.